The predicted molar refractivity (Wildman–Crippen MR) is 115 cm³/mol. The molecule has 4 heterocycles. The summed E-state index contributed by atoms with van der Waals surface area (Å²) in [5.74, 6) is 0.644. The molecule has 4 aromatic heterocycles. The fourth-order valence-electron chi connectivity index (χ4n) is 3.73. The van der Waals surface area contributed by atoms with Crippen molar-refractivity contribution in [2.75, 3.05) is 10.6 Å². The Bertz CT molecular complexity index is 1180. The van der Waals surface area contributed by atoms with Crippen LogP contribution in [0.15, 0.2) is 49.1 Å². The topological polar surface area (TPSA) is 119 Å². The highest BCUT2D eigenvalue weighted by molar-refractivity contribution is 5.63. The van der Waals surface area contributed by atoms with Crippen LogP contribution in [0.2, 0.25) is 0 Å². The molecule has 5 rings (SSSR count). The van der Waals surface area contributed by atoms with Crippen LogP contribution in [0.25, 0.3) is 16.9 Å². The Hall–Kier alpha value is -3.66. The van der Waals surface area contributed by atoms with Crippen molar-refractivity contribution >= 4 is 23.2 Å². The van der Waals surface area contributed by atoms with E-state index in [2.05, 4.69) is 30.6 Å². The maximum absolute atomic E-state index is 13.8. The molecule has 0 radical (unpaired) electrons. The second-order valence-electron chi connectivity index (χ2n) is 7.64. The SMILES string of the molecule is NC1CCC(Nc2ccc3ncc(-c4cnc(Nc5ncccc5F)nc4)n3n2)CC1. The van der Waals surface area contributed by atoms with Crippen LogP contribution in [-0.4, -0.2) is 41.6 Å². The first kappa shape index (κ1) is 19.3. The highest BCUT2D eigenvalue weighted by atomic mass is 19.1. The van der Waals surface area contributed by atoms with Gasteiger partial charge in [-0.3, -0.25) is 0 Å². The Labute approximate surface area is 178 Å². The van der Waals surface area contributed by atoms with Gasteiger partial charge < -0.3 is 16.4 Å². The molecule has 4 aromatic rings. The molecule has 1 aliphatic rings. The lowest BCUT2D eigenvalue weighted by atomic mass is 9.92. The van der Waals surface area contributed by atoms with Crippen molar-refractivity contribution in [1.82, 2.24) is 29.5 Å². The summed E-state index contributed by atoms with van der Waals surface area (Å²) in [6.07, 6.45) is 10.6. The lowest BCUT2D eigenvalue weighted by Gasteiger charge is -2.27. The molecule has 10 heteroatoms. The number of nitrogens with one attached hydrogen (secondary N) is 2. The lowest BCUT2D eigenvalue weighted by molar-refractivity contribution is 0.410. The molecule has 0 spiro atoms. The van der Waals surface area contributed by atoms with E-state index in [4.69, 9.17) is 10.8 Å². The first-order chi connectivity index (χ1) is 15.2. The number of imidazole rings is 1. The Morgan fingerprint density at radius 1 is 0.968 bits per heavy atom. The van der Waals surface area contributed by atoms with E-state index in [1.807, 2.05) is 12.1 Å². The maximum Gasteiger partial charge on any atom is 0.228 e. The van der Waals surface area contributed by atoms with Crippen LogP contribution >= 0.6 is 0 Å². The molecule has 0 amide bonds. The minimum atomic E-state index is -0.471. The van der Waals surface area contributed by atoms with Crippen LogP contribution in [-0.2, 0) is 0 Å². The van der Waals surface area contributed by atoms with Gasteiger partial charge >= 0.3 is 0 Å². The zero-order valence-corrected chi connectivity index (χ0v) is 16.7. The average molecular weight is 419 g/mol. The highest BCUT2D eigenvalue weighted by Gasteiger charge is 2.19. The molecular formula is C21H22FN9. The van der Waals surface area contributed by atoms with E-state index in [0.29, 0.717) is 12.1 Å². The van der Waals surface area contributed by atoms with Gasteiger partial charge in [-0.15, -0.1) is 5.10 Å². The smallest absolute Gasteiger partial charge is 0.228 e. The number of aromatic nitrogens is 6. The van der Waals surface area contributed by atoms with Crippen molar-refractivity contribution in [2.24, 2.45) is 5.73 Å². The van der Waals surface area contributed by atoms with Crippen LogP contribution < -0.4 is 16.4 Å². The number of hydrogen-bond donors (Lipinski definition) is 3. The lowest BCUT2D eigenvalue weighted by Crippen LogP contribution is -2.33. The summed E-state index contributed by atoms with van der Waals surface area (Å²) in [6.45, 7) is 0. The van der Waals surface area contributed by atoms with Crippen molar-refractivity contribution in [3.8, 4) is 11.3 Å². The second-order valence-corrected chi connectivity index (χ2v) is 7.64. The van der Waals surface area contributed by atoms with Crippen molar-refractivity contribution in [2.45, 2.75) is 37.8 Å². The van der Waals surface area contributed by atoms with E-state index in [-0.39, 0.29) is 11.8 Å². The zero-order chi connectivity index (χ0) is 21.2. The fraction of sp³-hybridized carbons (Fsp3) is 0.286. The van der Waals surface area contributed by atoms with Gasteiger partial charge in [-0.25, -0.2) is 28.8 Å². The first-order valence-electron chi connectivity index (χ1n) is 10.2. The Balaban J connectivity index is 1.36. The number of rotatable bonds is 5. The summed E-state index contributed by atoms with van der Waals surface area (Å²) in [5.41, 5.74) is 8.24. The van der Waals surface area contributed by atoms with E-state index in [1.54, 1.807) is 23.1 Å². The third kappa shape index (κ3) is 4.15. The number of fused-ring (bicyclic) bond motifs is 1. The molecule has 31 heavy (non-hydrogen) atoms. The van der Waals surface area contributed by atoms with Crippen LogP contribution in [0, 0.1) is 5.82 Å². The number of nitrogens with zero attached hydrogens (tertiary/aromatic N) is 6. The molecule has 0 saturated heterocycles. The van der Waals surface area contributed by atoms with Gasteiger partial charge in [0.25, 0.3) is 0 Å². The minimum absolute atomic E-state index is 0.0751. The maximum atomic E-state index is 13.8. The molecule has 158 valence electrons. The molecule has 1 fully saturated rings. The normalized spacial score (nSPS) is 18.8. The molecule has 4 N–H and O–H groups in total. The third-order valence-electron chi connectivity index (χ3n) is 5.42. The monoisotopic (exact) mass is 419 g/mol. The second kappa shape index (κ2) is 8.23. The summed E-state index contributed by atoms with van der Waals surface area (Å²) in [6, 6.07) is 7.38. The number of nitrogens with two attached hydrogens (primary N) is 1. The molecule has 1 aliphatic carbocycles. The van der Waals surface area contributed by atoms with Crippen LogP contribution in [0.1, 0.15) is 25.7 Å². The number of pyridine rings is 1. The minimum Gasteiger partial charge on any atom is -0.366 e. The van der Waals surface area contributed by atoms with Crippen molar-refractivity contribution in [3.63, 3.8) is 0 Å². The Morgan fingerprint density at radius 2 is 1.77 bits per heavy atom. The molecule has 0 unspecified atom stereocenters. The molecule has 0 aliphatic heterocycles. The Kier molecular flexibility index (Phi) is 5.13. The Morgan fingerprint density at radius 3 is 2.55 bits per heavy atom. The largest absolute Gasteiger partial charge is 0.366 e. The van der Waals surface area contributed by atoms with E-state index >= 15 is 0 Å². The zero-order valence-electron chi connectivity index (χ0n) is 16.7. The molecule has 9 nitrogen and oxygen atoms in total. The van der Waals surface area contributed by atoms with Gasteiger partial charge in [0.15, 0.2) is 17.3 Å². The molecule has 1 saturated carbocycles. The third-order valence-corrected chi connectivity index (χ3v) is 5.42. The fourth-order valence-corrected chi connectivity index (χ4v) is 3.73. The van der Waals surface area contributed by atoms with Gasteiger partial charge in [-0.2, -0.15) is 0 Å². The van der Waals surface area contributed by atoms with E-state index < -0.39 is 5.82 Å². The summed E-state index contributed by atoms with van der Waals surface area (Å²) >= 11 is 0. The quantitative estimate of drug-likeness (QED) is 0.451. The average Bonchev–Trinajstić information content (AvgIpc) is 3.21. The van der Waals surface area contributed by atoms with E-state index in [0.717, 1.165) is 48.4 Å². The van der Waals surface area contributed by atoms with Gasteiger partial charge in [0.05, 0.1) is 11.9 Å². The summed E-state index contributed by atoms with van der Waals surface area (Å²) in [7, 11) is 0. The van der Waals surface area contributed by atoms with Crippen molar-refractivity contribution < 1.29 is 4.39 Å². The van der Waals surface area contributed by atoms with Gasteiger partial charge in [-0.05, 0) is 49.9 Å². The number of anilines is 3. The summed E-state index contributed by atoms with van der Waals surface area (Å²) in [5, 5.41) is 11.0. The summed E-state index contributed by atoms with van der Waals surface area (Å²) < 4.78 is 15.5. The number of halogens is 1. The van der Waals surface area contributed by atoms with Crippen molar-refractivity contribution in [3.05, 3.63) is 54.9 Å². The number of hydrogen-bond acceptors (Lipinski definition) is 8. The van der Waals surface area contributed by atoms with Crippen LogP contribution in [0.5, 0.6) is 0 Å². The molecule has 0 bridgehead atoms. The van der Waals surface area contributed by atoms with Gasteiger partial charge in [0.2, 0.25) is 5.95 Å². The van der Waals surface area contributed by atoms with Crippen LogP contribution in [0.3, 0.4) is 0 Å². The first-order valence-corrected chi connectivity index (χ1v) is 10.2. The predicted octanol–water partition coefficient (Wildman–Crippen LogP) is 3.15. The van der Waals surface area contributed by atoms with E-state index in [1.165, 1.54) is 18.3 Å². The van der Waals surface area contributed by atoms with Crippen molar-refractivity contribution in [1.29, 1.82) is 0 Å². The molecule has 0 atom stereocenters. The standard InChI is InChI=1S/C21H22FN9/c22-16-2-1-9-24-20(16)29-21-26-10-13(11-27-21)17-12-25-19-8-7-18(30-31(17)19)28-15-5-3-14(23)4-6-15/h1-2,7-12,14-15H,3-6,23H2,(H,28,30)(H,24,26,27,29). The molecular weight excluding hydrogens is 397 g/mol. The van der Waals surface area contributed by atoms with Gasteiger partial charge in [0.1, 0.15) is 5.82 Å². The van der Waals surface area contributed by atoms with Gasteiger partial charge in [0, 0.05) is 36.2 Å². The molecule has 0 aromatic carbocycles. The summed E-state index contributed by atoms with van der Waals surface area (Å²) in [4.78, 5) is 16.9. The highest BCUT2D eigenvalue weighted by Crippen LogP contribution is 2.23. The van der Waals surface area contributed by atoms with Gasteiger partial charge in [-0.1, -0.05) is 0 Å². The van der Waals surface area contributed by atoms with Crippen LogP contribution in [0.4, 0.5) is 22.0 Å². The van der Waals surface area contributed by atoms with E-state index in [9.17, 15) is 4.39 Å².